The summed E-state index contributed by atoms with van der Waals surface area (Å²) in [5.74, 6) is -0.330. The van der Waals surface area contributed by atoms with Crippen molar-refractivity contribution in [1.82, 2.24) is 5.32 Å². The maximum atomic E-state index is 12.3. The van der Waals surface area contributed by atoms with Gasteiger partial charge in [0.2, 0.25) is 0 Å². The summed E-state index contributed by atoms with van der Waals surface area (Å²) in [5.41, 5.74) is 0.192. The van der Waals surface area contributed by atoms with Crippen molar-refractivity contribution < 1.29 is 14.5 Å². The average molecular weight is 437 g/mol. The van der Waals surface area contributed by atoms with Crippen LogP contribution in [0.4, 0.5) is 5.69 Å². The molecule has 1 N–H and O–H groups in total. The van der Waals surface area contributed by atoms with Gasteiger partial charge in [0, 0.05) is 34.1 Å². The molecule has 1 aliphatic rings. The van der Waals surface area contributed by atoms with Gasteiger partial charge in [-0.15, -0.1) is 0 Å². The second kappa shape index (κ2) is 8.66. The second-order valence-corrected chi connectivity index (χ2v) is 7.87. The number of nitro groups is 1. The topological polar surface area (TPSA) is 81.5 Å². The van der Waals surface area contributed by atoms with Gasteiger partial charge in [-0.1, -0.05) is 27.7 Å². The summed E-state index contributed by atoms with van der Waals surface area (Å²) >= 11 is 4.65. The number of carbonyl (C=O) groups is 1. The van der Waals surface area contributed by atoms with Crippen LogP contribution in [0.15, 0.2) is 56.7 Å². The van der Waals surface area contributed by atoms with Crippen molar-refractivity contribution in [1.29, 1.82) is 0 Å². The molecule has 0 spiro atoms. The van der Waals surface area contributed by atoms with Crippen molar-refractivity contribution in [3.8, 4) is 0 Å². The van der Waals surface area contributed by atoms with E-state index in [1.807, 2.05) is 24.3 Å². The number of nitro benzene ring substituents is 1. The molecule has 1 aliphatic heterocycles. The summed E-state index contributed by atoms with van der Waals surface area (Å²) < 4.78 is 6.40. The van der Waals surface area contributed by atoms with Crippen LogP contribution in [0, 0.1) is 10.1 Å². The van der Waals surface area contributed by atoms with Crippen LogP contribution in [0.2, 0.25) is 0 Å². The molecule has 8 heteroatoms. The fourth-order valence-corrected chi connectivity index (χ4v) is 3.80. The van der Waals surface area contributed by atoms with Gasteiger partial charge in [-0.3, -0.25) is 14.9 Å². The minimum atomic E-state index is -0.460. The fraction of sp³-hybridized carbons (Fsp3) is 0.278. The van der Waals surface area contributed by atoms with E-state index in [4.69, 9.17) is 4.74 Å². The monoisotopic (exact) mass is 436 g/mol. The third kappa shape index (κ3) is 4.84. The number of hydrogen-bond donors (Lipinski definition) is 1. The van der Waals surface area contributed by atoms with Crippen LogP contribution >= 0.6 is 27.7 Å². The van der Waals surface area contributed by atoms with Crippen LogP contribution < -0.4 is 5.32 Å². The predicted molar refractivity (Wildman–Crippen MR) is 103 cm³/mol. The summed E-state index contributed by atoms with van der Waals surface area (Å²) in [6.07, 6.45) is 1.94. The highest BCUT2D eigenvalue weighted by Crippen LogP contribution is 2.35. The number of halogens is 1. The van der Waals surface area contributed by atoms with Crippen LogP contribution in [0.25, 0.3) is 0 Å². The molecule has 2 aromatic carbocycles. The highest BCUT2D eigenvalue weighted by molar-refractivity contribution is 9.10. The molecule has 0 unspecified atom stereocenters. The fourth-order valence-electron chi connectivity index (χ4n) is 2.63. The van der Waals surface area contributed by atoms with Gasteiger partial charge in [-0.25, -0.2) is 0 Å². The number of benzene rings is 2. The summed E-state index contributed by atoms with van der Waals surface area (Å²) in [6, 6.07) is 12.1. The normalized spacial score (nSPS) is 16.4. The van der Waals surface area contributed by atoms with Crippen molar-refractivity contribution in [2.24, 2.45) is 0 Å². The Labute approximate surface area is 163 Å². The Bertz CT molecular complexity index is 807. The predicted octanol–water partition coefficient (Wildman–Crippen LogP) is 4.42. The van der Waals surface area contributed by atoms with E-state index in [-0.39, 0.29) is 23.3 Å². The van der Waals surface area contributed by atoms with E-state index in [1.165, 1.54) is 17.8 Å². The smallest absolute Gasteiger partial charge is 0.284 e. The first kappa shape index (κ1) is 18.9. The maximum Gasteiger partial charge on any atom is 0.284 e. The molecule has 3 rings (SSSR count). The number of hydrogen-bond acceptors (Lipinski definition) is 5. The Morgan fingerprint density at radius 1 is 1.31 bits per heavy atom. The second-order valence-electron chi connectivity index (χ2n) is 5.84. The van der Waals surface area contributed by atoms with E-state index in [1.54, 1.807) is 12.1 Å². The lowest BCUT2D eigenvalue weighted by Crippen LogP contribution is -2.31. The first-order valence-electron chi connectivity index (χ1n) is 8.14. The van der Waals surface area contributed by atoms with Crippen LogP contribution in [-0.4, -0.2) is 30.1 Å². The van der Waals surface area contributed by atoms with E-state index >= 15 is 0 Å². The summed E-state index contributed by atoms with van der Waals surface area (Å²) in [5, 5.41) is 14.2. The first-order valence-corrected chi connectivity index (χ1v) is 9.75. The van der Waals surface area contributed by atoms with Crippen LogP contribution in [-0.2, 0) is 4.74 Å². The number of nitrogens with zero attached hydrogens (tertiary/aromatic N) is 1. The van der Waals surface area contributed by atoms with Gasteiger partial charge in [0.1, 0.15) is 0 Å². The van der Waals surface area contributed by atoms with Crippen LogP contribution in [0.3, 0.4) is 0 Å². The van der Waals surface area contributed by atoms with Gasteiger partial charge in [0.05, 0.1) is 15.9 Å². The lowest BCUT2D eigenvalue weighted by atomic mass is 10.2. The van der Waals surface area contributed by atoms with Crippen molar-refractivity contribution in [3.05, 3.63) is 62.6 Å². The molecule has 1 heterocycles. The maximum absolute atomic E-state index is 12.3. The van der Waals surface area contributed by atoms with E-state index < -0.39 is 4.92 Å². The lowest BCUT2D eigenvalue weighted by Gasteiger charge is -2.11. The number of amides is 1. The van der Waals surface area contributed by atoms with Crippen LogP contribution in [0.5, 0.6) is 0 Å². The zero-order valence-corrected chi connectivity index (χ0v) is 16.2. The van der Waals surface area contributed by atoms with Gasteiger partial charge < -0.3 is 10.1 Å². The molecule has 26 heavy (non-hydrogen) atoms. The molecule has 1 saturated heterocycles. The Kier molecular flexibility index (Phi) is 6.29. The molecule has 1 atom stereocenters. The van der Waals surface area contributed by atoms with E-state index in [2.05, 4.69) is 21.2 Å². The number of nitrogens with one attached hydrogen (secondary N) is 1. The number of rotatable bonds is 6. The highest BCUT2D eigenvalue weighted by atomic mass is 79.9. The van der Waals surface area contributed by atoms with Gasteiger partial charge in [-0.05, 0) is 49.2 Å². The minimum absolute atomic E-state index is 0.0289. The third-order valence-electron chi connectivity index (χ3n) is 3.97. The zero-order valence-electron chi connectivity index (χ0n) is 13.8. The van der Waals surface area contributed by atoms with E-state index in [0.717, 1.165) is 22.2 Å². The summed E-state index contributed by atoms with van der Waals surface area (Å²) in [7, 11) is 0. The Balaban J connectivity index is 1.74. The van der Waals surface area contributed by atoms with Crippen molar-refractivity contribution in [3.63, 3.8) is 0 Å². The molecule has 0 radical (unpaired) electrons. The Hall–Kier alpha value is -1.90. The van der Waals surface area contributed by atoms with Crippen molar-refractivity contribution in [2.75, 3.05) is 13.2 Å². The average Bonchev–Trinajstić information content (AvgIpc) is 3.15. The van der Waals surface area contributed by atoms with E-state index in [0.29, 0.717) is 18.0 Å². The summed E-state index contributed by atoms with van der Waals surface area (Å²) in [4.78, 5) is 24.6. The standard InChI is InChI=1S/C18H17BrN2O4S/c19-13-4-6-15(7-5-13)26-17-8-3-12(10-16(17)21(23)24)18(22)20-11-14-2-1-9-25-14/h3-8,10,14H,1-2,9,11H2,(H,20,22)/t14-/m0/s1. The van der Waals surface area contributed by atoms with E-state index in [9.17, 15) is 14.9 Å². The lowest BCUT2D eigenvalue weighted by molar-refractivity contribution is -0.387. The number of ether oxygens (including phenoxy) is 1. The van der Waals surface area contributed by atoms with Crippen molar-refractivity contribution in [2.45, 2.75) is 28.7 Å². The molecular weight excluding hydrogens is 420 g/mol. The molecule has 1 fully saturated rings. The van der Waals surface area contributed by atoms with Crippen molar-refractivity contribution >= 4 is 39.3 Å². The SMILES string of the molecule is O=C(NC[C@@H]1CCCO1)c1ccc(Sc2ccc(Br)cc2)c([N+](=O)[O-])c1. The summed E-state index contributed by atoms with van der Waals surface area (Å²) in [6.45, 7) is 1.13. The Morgan fingerprint density at radius 2 is 2.08 bits per heavy atom. The first-order chi connectivity index (χ1) is 12.5. The molecule has 6 nitrogen and oxygen atoms in total. The molecule has 0 aliphatic carbocycles. The largest absolute Gasteiger partial charge is 0.376 e. The van der Waals surface area contributed by atoms with Gasteiger partial charge in [-0.2, -0.15) is 0 Å². The van der Waals surface area contributed by atoms with Gasteiger partial charge >= 0.3 is 0 Å². The van der Waals surface area contributed by atoms with Gasteiger partial charge in [0.15, 0.2) is 0 Å². The molecule has 0 aromatic heterocycles. The minimum Gasteiger partial charge on any atom is -0.376 e. The zero-order chi connectivity index (χ0) is 18.5. The Morgan fingerprint density at radius 3 is 2.73 bits per heavy atom. The number of carbonyl (C=O) groups excluding carboxylic acids is 1. The molecule has 0 saturated carbocycles. The van der Waals surface area contributed by atoms with Crippen LogP contribution in [0.1, 0.15) is 23.2 Å². The molecular formula is C18H17BrN2O4S. The molecule has 136 valence electrons. The van der Waals surface area contributed by atoms with Gasteiger partial charge in [0.25, 0.3) is 11.6 Å². The third-order valence-corrected chi connectivity index (χ3v) is 5.58. The molecule has 2 aromatic rings. The highest BCUT2D eigenvalue weighted by Gasteiger charge is 2.20. The molecule has 0 bridgehead atoms. The molecule has 1 amide bonds. The quantitative estimate of drug-likeness (QED) is 0.535.